The summed E-state index contributed by atoms with van der Waals surface area (Å²) in [5.41, 5.74) is 0. The van der Waals surface area contributed by atoms with E-state index in [1.54, 1.807) is 0 Å². The van der Waals surface area contributed by atoms with E-state index in [2.05, 4.69) is 26.0 Å². The molecule has 15 heavy (non-hydrogen) atoms. The van der Waals surface area contributed by atoms with Gasteiger partial charge in [-0.05, 0) is 0 Å². The first kappa shape index (κ1) is 12.9. The lowest BCUT2D eigenvalue weighted by molar-refractivity contribution is -0.870. The second kappa shape index (κ2) is 6.43. The predicted molar refractivity (Wildman–Crippen MR) is 61.0 cm³/mol. The number of hydrogen-bond donors (Lipinski definition) is 0. The highest BCUT2D eigenvalue weighted by atomic mass is 16.5. The second-order valence-electron chi connectivity index (χ2n) is 5.08. The first-order valence-corrected chi connectivity index (χ1v) is 5.76. The number of likely N-dealkylation sites (N-methyl/N-ethyl adjacent to an activating group) is 1. The molecule has 0 amide bonds. The summed E-state index contributed by atoms with van der Waals surface area (Å²) in [6.07, 6.45) is 0. The van der Waals surface area contributed by atoms with Crippen LogP contribution in [0.25, 0.3) is 0 Å². The van der Waals surface area contributed by atoms with E-state index in [0.29, 0.717) is 0 Å². The van der Waals surface area contributed by atoms with Gasteiger partial charge in [-0.25, -0.2) is 0 Å². The Kier molecular flexibility index (Phi) is 5.53. The van der Waals surface area contributed by atoms with Crippen LogP contribution < -0.4 is 0 Å². The van der Waals surface area contributed by atoms with Crippen molar-refractivity contribution in [1.29, 1.82) is 0 Å². The Labute approximate surface area is 93.3 Å². The van der Waals surface area contributed by atoms with Gasteiger partial charge in [0.15, 0.2) is 0 Å². The zero-order chi connectivity index (χ0) is 11.1. The zero-order valence-corrected chi connectivity index (χ0v) is 10.4. The van der Waals surface area contributed by atoms with E-state index < -0.39 is 0 Å². The minimum Gasteiger partial charge on any atom is -0.379 e. The summed E-state index contributed by atoms with van der Waals surface area (Å²) >= 11 is 0. The van der Waals surface area contributed by atoms with Crippen molar-refractivity contribution in [2.75, 3.05) is 73.7 Å². The molecule has 0 aromatic carbocycles. The predicted octanol–water partition coefficient (Wildman–Crippen LogP) is 0.0414. The summed E-state index contributed by atoms with van der Waals surface area (Å²) in [4.78, 5) is 2.40. The Morgan fingerprint density at radius 1 is 1.13 bits per heavy atom. The fourth-order valence-corrected chi connectivity index (χ4v) is 1.46. The van der Waals surface area contributed by atoms with Crippen LogP contribution in [0.5, 0.6) is 0 Å². The zero-order valence-electron chi connectivity index (χ0n) is 10.4. The van der Waals surface area contributed by atoms with Gasteiger partial charge in [-0.1, -0.05) is 0 Å². The maximum absolute atomic E-state index is 5.61. The monoisotopic (exact) mass is 217 g/mol. The van der Waals surface area contributed by atoms with Crippen molar-refractivity contribution in [2.45, 2.75) is 0 Å². The van der Waals surface area contributed by atoms with E-state index in [4.69, 9.17) is 9.47 Å². The molecule has 1 saturated heterocycles. The van der Waals surface area contributed by atoms with Crippen molar-refractivity contribution in [2.24, 2.45) is 0 Å². The van der Waals surface area contributed by atoms with Gasteiger partial charge < -0.3 is 14.0 Å². The van der Waals surface area contributed by atoms with Crippen LogP contribution in [0.4, 0.5) is 0 Å². The van der Waals surface area contributed by atoms with Gasteiger partial charge in [-0.15, -0.1) is 0 Å². The minimum atomic E-state index is 0.847. The van der Waals surface area contributed by atoms with Crippen LogP contribution in [-0.4, -0.2) is 83.1 Å². The van der Waals surface area contributed by atoms with E-state index >= 15 is 0 Å². The van der Waals surface area contributed by atoms with Gasteiger partial charge in [-0.3, -0.25) is 4.90 Å². The lowest BCUT2D eigenvalue weighted by Gasteiger charge is -2.27. The molecule has 4 heteroatoms. The number of nitrogens with zero attached hydrogens (tertiary/aromatic N) is 2. The summed E-state index contributed by atoms with van der Waals surface area (Å²) < 4.78 is 11.9. The fraction of sp³-hybridized carbons (Fsp3) is 1.00. The lowest BCUT2D eigenvalue weighted by atomic mass is 10.4. The van der Waals surface area contributed by atoms with Gasteiger partial charge in [0.2, 0.25) is 0 Å². The molecular formula is C11H25N2O2+. The van der Waals surface area contributed by atoms with Crippen molar-refractivity contribution >= 4 is 0 Å². The van der Waals surface area contributed by atoms with Crippen molar-refractivity contribution in [1.82, 2.24) is 4.90 Å². The Hall–Kier alpha value is -0.160. The third kappa shape index (κ3) is 6.84. The van der Waals surface area contributed by atoms with Crippen LogP contribution >= 0.6 is 0 Å². The van der Waals surface area contributed by atoms with Crippen LogP contribution in [-0.2, 0) is 9.47 Å². The van der Waals surface area contributed by atoms with Crippen molar-refractivity contribution in [3.8, 4) is 0 Å². The lowest BCUT2D eigenvalue weighted by Crippen LogP contribution is -2.40. The minimum absolute atomic E-state index is 0.847. The number of ether oxygens (including phenoxy) is 2. The fourth-order valence-electron chi connectivity index (χ4n) is 1.46. The smallest absolute Gasteiger partial charge is 0.102 e. The van der Waals surface area contributed by atoms with E-state index in [0.717, 1.165) is 57.1 Å². The molecule has 0 bridgehead atoms. The maximum atomic E-state index is 5.61. The maximum Gasteiger partial charge on any atom is 0.102 e. The highest BCUT2D eigenvalue weighted by Crippen LogP contribution is 1.96. The summed E-state index contributed by atoms with van der Waals surface area (Å²) in [6, 6.07) is 0. The van der Waals surface area contributed by atoms with E-state index in [1.165, 1.54) is 0 Å². The largest absolute Gasteiger partial charge is 0.379 e. The molecule has 0 spiro atoms. The molecule has 0 aromatic heterocycles. The highest BCUT2D eigenvalue weighted by Gasteiger charge is 2.10. The third-order valence-corrected chi connectivity index (χ3v) is 2.56. The van der Waals surface area contributed by atoms with Gasteiger partial charge in [0, 0.05) is 19.6 Å². The van der Waals surface area contributed by atoms with Crippen LogP contribution in [0.1, 0.15) is 0 Å². The number of rotatable bonds is 6. The summed E-state index contributed by atoms with van der Waals surface area (Å²) in [7, 11) is 6.56. The normalized spacial score (nSPS) is 19.4. The first-order valence-electron chi connectivity index (χ1n) is 5.76. The second-order valence-corrected chi connectivity index (χ2v) is 5.08. The molecule has 0 unspecified atom stereocenters. The van der Waals surface area contributed by atoms with Gasteiger partial charge in [0.25, 0.3) is 0 Å². The summed E-state index contributed by atoms with van der Waals surface area (Å²) in [6.45, 7) is 7.67. The van der Waals surface area contributed by atoms with Crippen LogP contribution in [0.2, 0.25) is 0 Å². The van der Waals surface area contributed by atoms with Crippen molar-refractivity contribution in [3.63, 3.8) is 0 Å². The van der Waals surface area contributed by atoms with Gasteiger partial charge >= 0.3 is 0 Å². The highest BCUT2D eigenvalue weighted by molar-refractivity contribution is 4.60. The average molecular weight is 217 g/mol. The first-order chi connectivity index (χ1) is 7.08. The summed E-state index contributed by atoms with van der Waals surface area (Å²) in [5.74, 6) is 0. The Balaban J connectivity index is 1.92. The van der Waals surface area contributed by atoms with E-state index in [9.17, 15) is 0 Å². The molecule has 0 aliphatic carbocycles. The molecular weight excluding hydrogens is 192 g/mol. The van der Waals surface area contributed by atoms with Crippen molar-refractivity contribution in [3.05, 3.63) is 0 Å². The van der Waals surface area contributed by atoms with Gasteiger partial charge in [0.05, 0.1) is 47.6 Å². The van der Waals surface area contributed by atoms with Crippen molar-refractivity contribution < 1.29 is 14.0 Å². The standard InChI is InChI=1S/C11H25N2O2/c1-13(2,3)7-11-15-10-6-12-4-8-14-9-5-12/h4-11H2,1-3H3/q+1. The Morgan fingerprint density at radius 2 is 1.80 bits per heavy atom. The quantitative estimate of drug-likeness (QED) is 0.463. The van der Waals surface area contributed by atoms with Crippen LogP contribution in [0.15, 0.2) is 0 Å². The molecule has 1 aliphatic rings. The Bertz CT molecular complexity index is 162. The van der Waals surface area contributed by atoms with Crippen LogP contribution in [0, 0.1) is 0 Å². The molecule has 1 rings (SSSR count). The summed E-state index contributed by atoms with van der Waals surface area (Å²) in [5, 5.41) is 0. The third-order valence-electron chi connectivity index (χ3n) is 2.56. The molecule has 0 N–H and O–H groups in total. The molecule has 0 aromatic rings. The average Bonchev–Trinajstić information content (AvgIpc) is 2.17. The van der Waals surface area contributed by atoms with E-state index in [-0.39, 0.29) is 0 Å². The Morgan fingerprint density at radius 3 is 2.40 bits per heavy atom. The van der Waals surface area contributed by atoms with E-state index in [1.807, 2.05) is 0 Å². The molecule has 0 saturated carbocycles. The molecule has 0 radical (unpaired) electrons. The SMILES string of the molecule is C[N+](C)(C)CCOCCN1CCOCC1. The van der Waals surface area contributed by atoms with Crippen LogP contribution in [0.3, 0.4) is 0 Å². The number of hydrogen-bond acceptors (Lipinski definition) is 3. The molecule has 90 valence electrons. The number of morpholine rings is 1. The van der Waals surface area contributed by atoms with Gasteiger partial charge in [0.1, 0.15) is 6.54 Å². The number of quaternary nitrogens is 1. The molecule has 1 aliphatic heterocycles. The molecule has 0 atom stereocenters. The molecule has 4 nitrogen and oxygen atoms in total. The van der Waals surface area contributed by atoms with Gasteiger partial charge in [-0.2, -0.15) is 0 Å². The molecule has 1 fully saturated rings. The molecule has 1 heterocycles. The topological polar surface area (TPSA) is 21.7 Å².